The lowest BCUT2D eigenvalue weighted by Gasteiger charge is -2.29. The average molecular weight is 572 g/mol. The van der Waals surface area contributed by atoms with Crippen LogP contribution in [-0.2, 0) is 10.0 Å². The molecule has 38 heavy (non-hydrogen) atoms. The van der Waals surface area contributed by atoms with Gasteiger partial charge in [-0.1, -0.05) is 17.7 Å². The van der Waals surface area contributed by atoms with Crippen molar-refractivity contribution < 1.29 is 17.5 Å². The summed E-state index contributed by atoms with van der Waals surface area (Å²) in [7, 11) is -2.12. The number of aromatic nitrogens is 2. The summed E-state index contributed by atoms with van der Waals surface area (Å²) >= 11 is 11.9. The molecule has 5 rings (SSSR count). The first-order valence-corrected chi connectivity index (χ1v) is 14.1. The number of pyridine rings is 1. The summed E-state index contributed by atoms with van der Waals surface area (Å²) in [5.74, 6) is -0.149. The number of anilines is 2. The highest BCUT2D eigenvalue weighted by atomic mass is 35.5. The summed E-state index contributed by atoms with van der Waals surface area (Å²) in [6, 6.07) is 18.4. The number of methoxy groups -OCH3 is 1. The van der Waals surface area contributed by atoms with Gasteiger partial charge in [0.1, 0.15) is 17.6 Å². The molecule has 1 fully saturated rings. The summed E-state index contributed by atoms with van der Waals surface area (Å²) in [5.41, 5.74) is 3.15. The van der Waals surface area contributed by atoms with E-state index in [1.54, 1.807) is 36.5 Å². The highest BCUT2D eigenvalue weighted by molar-refractivity contribution is 7.92. The van der Waals surface area contributed by atoms with Crippen molar-refractivity contribution in [2.75, 3.05) is 23.0 Å². The van der Waals surface area contributed by atoms with Gasteiger partial charge < -0.3 is 19.5 Å². The topological polar surface area (TPSA) is 88.5 Å². The summed E-state index contributed by atoms with van der Waals surface area (Å²) < 4.78 is 47.8. The van der Waals surface area contributed by atoms with Crippen LogP contribution in [0.1, 0.15) is 23.5 Å². The standard InChI is InChI=1S/C26H23ClFN5O3S2/c1-36-23-11-9-17(15-21(23)31-38(2,34)35)33-25(24(30-26(33)37)20-6-3-4-12-29-20)22-7-5-13-32(22)16-8-10-19(28)18(27)14-16/h3-15,24-25,31H,1-2H3,(H,30,37)/t24-,25+/m0/s1. The number of nitrogens with zero attached hydrogens (tertiary/aromatic N) is 3. The molecule has 1 saturated heterocycles. The van der Waals surface area contributed by atoms with Gasteiger partial charge in [-0.25, -0.2) is 12.8 Å². The summed E-state index contributed by atoms with van der Waals surface area (Å²) in [5, 5.41) is 3.81. The van der Waals surface area contributed by atoms with E-state index in [-0.39, 0.29) is 16.8 Å². The lowest BCUT2D eigenvalue weighted by atomic mass is 10.0. The molecule has 2 atom stereocenters. The number of benzene rings is 2. The molecule has 0 radical (unpaired) electrons. The Kier molecular flexibility index (Phi) is 6.99. The van der Waals surface area contributed by atoms with Crippen LogP contribution in [-0.4, -0.2) is 36.4 Å². The SMILES string of the molecule is COc1ccc(N2C(=S)N[C@@H](c3ccccn3)[C@H]2c2cccn2-c2ccc(F)c(Cl)c2)cc1NS(C)(=O)=O. The van der Waals surface area contributed by atoms with Gasteiger partial charge in [-0.2, -0.15) is 0 Å². The Hall–Kier alpha value is -3.67. The zero-order valence-corrected chi connectivity index (χ0v) is 22.7. The van der Waals surface area contributed by atoms with Crippen LogP contribution >= 0.6 is 23.8 Å². The van der Waals surface area contributed by atoms with Crippen molar-refractivity contribution in [2.24, 2.45) is 0 Å². The highest BCUT2D eigenvalue weighted by Crippen LogP contribution is 2.44. The second-order valence-corrected chi connectivity index (χ2v) is 11.2. The smallest absolute Gasteiger partial charge is 0.229 e. The second kappa shape index (κ2) is 10.2. The molecule has 0 aliphatic carbocycles. The molecule has 8 nitrogen and oxygen atoms in total. The zero-order chi connectivity index (χ0) is 27.0. The van der Waals surface area contributed by atoms with Gasteiger partial charge in [0.05, 0.1) is 35.8 Å². The minimum Gasteiger partial charge on any atom is -0.495 e. The fourth-order valence-electron chi connectivity index (χ4n) is 4.56. The van der Waals surface area contributed by atoms with E-state index in [4.69, 9.17) is 28.6 Å². The quantitative estimate of drug-likeness (QED) is 0.294. The van der Waals surface area contributed by atoms with E-state index < -0.39 is 21.9 Å². The molecule has 2 aromatic carbocycles. The van der Waals surface area contributed by atoms with E-state index in [1.807, 2.05) is 46.0 Å². The normalized spacial score (nSPS) is 17.4. The van der Waals surface area contributed by atoms with E-state index in [0.717, 1.165) is 17.6 Å². The van der Waals surface area contributed by atoms with Gasteiger partial charge in [-0.3, -0.25) is 9.71 Å². The fraction of sp³-hybridized carbons (Fsp3) is 0.154. The molecule has 1 aliphatic heterocycles. The molecule has 2 N–H and O–H groups in total. The van der Waals surface area contributed by atoms with Gasteiger partial charge in [-0.15, -0.1) is 0 Å². The fourth-order valence-corrected chi connectivity index (χ4v) is 5.64. The van der Waals surface area contributed by atoms with Crippen LogP contribution in [0.25, 0.3) is 5.69 Å². The molecule has 12 heteroatoms. The number of halogens is 2. The van der Waals surface area contributed by atoms with E-state index in [9.17, 15) is 12.8 Å². The first kappa shape index (κ1) is 26.0. The van der Waals surface area contributed by atoms with Crippen LogP contribution in [0.15, 0.2) is 79.1 Å². The Morgan fingerprint density at radius 2 is 1.89 bits per heavy atom. The van der Waals surface area contributed by atoms with Crippen molar-refractivity contribution in [2.45, 2.75) is 12.1 Å². The van der Waals surface area contributed by atoms with E-state index >= 15 is 0 Å². The number of thiocarbonyl (C=S) groups is 1. The summed E-state index contributed by atoms with van der Waals surface area (Å²) in [6.07, 6.45) is 4.64. The van der Waals surface area contributed by atoms with Gasteiger partial charge in [-0.05, 0) is 72.9 Å². The molecule has 0 spiro atoms. The molecule has 0 amide bonds. The lowest BCUT2D eigenvalue weighted by Crippen LogP contribution is -2.30. The molecule has 0 unspecified atom stereocenters. The van der Waals surface area contributed by atoms with Crippen molar-refractivity contribution in [1.82, 2.24) is 14.9 Å². The summed E-state index contributed by atoms with van der Waals surface area (Å²) in [4.78, 5) is 6.47. The van der Waals surface area contributed by atoms with Crippen LogP contribution in [0.3, 0.4) is 0 Å². The van der Waals surface area contributed by atoms with Crippen molar-refractivity contribution >= 4 is 50.3 Å². The van der Waals surface area contributed by atoms with Gasteiger partial charge >= 0.3 is 0 Å². The Labute approximate surface area is 230 Å². The van der Waals surface area contributed by atoms with E-state index in [1.165, 1.54) is 13.2 Å². The predicted molar refractivity (Wildman–Crippen MR) is 150 cm³/mol. The van der Waals surface area contributed by atoms with Crippen LogP contribution in [0.5, 0.6) is 5.75 Å². The van der Waals surface area contributed by atoms with Crippen molar-refractivity contribution in [3.63, 3.8) is 0 Å². The Morgan fingerprint density at radius 3 is 2.58 bits per heavy atom. The Morgan fingerprint density at radius 1 is 1.11 bits per heavy atom. The molecule has 4 aromatic rings. The number of ether oxygens (including phenoxy) is 1. The van der Waals surface area contributed by atoms with Gasteiger partial charge in [0.25, 0.3) is 0 Å². The minimum absolute atomic E-state index is 0.00648. The molecule has 1 aliphatic rings. The summed E-state index contributed by atoms with van der Waals surface area (Å²) in [6.45, 7) is 0. The molecular formula is C26H23ClFN5O3S2. The van der Waals surface area contributed by atoms with E-state index in [2.05, 4.69) is 15.0 Å². The maximum Gasteiger partial charge on any atom is 0.229 e. The predicted octanol–water partition coefficient (Wildman–Crippen LogP) is 5.22. The van der Waals surface area contributed by atoms with Gasteiger partial charge in [0, 0.05) is 29.5 Å². The highest BCUT2D eigenvalue weighted by Gasteiger charge is 2.42. The zero-order valence-electron chi connectivity index (χ0n) is 20.3. The lowest BCUT2D eigenvalue weighted by molar-refractivity contribution is 0.417. The second-order valence-electron chi connectivity index (χ2n) is 8.66. The van der Waals surface area contributed by atoms with Crippen LogP contribution in [0, 0.1) is 5.82 Å². The van der Waals surface area contributed by atoms with Crippen molar-refractivity contribution in [3.05, 3.63) is 101 Å². The van der Waals surface area contributed by atoms with Crippen molar-refractivity contribution in [3.8, 4) is 11.4 Å². The van der Waals surface area contributed by atoms with Crippen LogP contribution < -0.4 is 19.7 Å². The maximum absolute atomic E-state index is 13.9. The van der Waals surface area contributed by atoms with Crippen LogP contribution in [0.4, 0.5) is 15.8 Å². The van der Waals surface area contributed by atoms with Crippen molar-refractivity contribution in [1.29, 1.82) is 0 Å². The third kappa shape index (κ3) is 5.04. The van der Waals surface area contributed by atoms with Gasteiger partial charge in [0.15, 0.2) is 5.11 Å². The first-order chi connectivity index (χ1) is 18.2. The number of nitrogens with one attached hydrogen (secondary N) is 2. The number of sulfonamides is 1. The minimum atomic E-state index is -3.58. The average Bonchev–Trinajstić information content (AvgIpc) is 3.49. The molecule has 196 valence electrons. The first-order valence-electron chi connectivity index (χ1n) is 11.5. The third-order valence-electron chi connectivity index (χ3n) is 6.12. The number of hydrogen-bond acceptors (Lipinski definition) is 5. The Bertz CT molecular complexity index is 1610. The van der Waals surface area contributed by atoms with E-state index in [0.29, 0.717) is 22.2 Å². The van der Waals surface area contributed by atoms with Gasteiger partial charge in [0.2, 0.25) is 10.0 Å². The largest absolute Gasteiger partial charge is 0.495 e. The monoisotopic (exact) mass is 571 g/mol. The molecular weight excluding hydrogens is 549 g/mol. The molecule has 2 aromatic heterocycles. The third-order valence-corrected chi connectivity index (χ3v) is 7.31. The molecule has 0 bridgehead atoms. The Balaban J connectivity index is 1.67. The number of rotatable bonds is 7. The molecule has 0 saturated carbocycles. The maximum atomic E-state index is 13.9. The van der Waals surface area contributed by atoms with Crippen LogP contribution in [0.2, 0.25) is 5.02 Å². The molecule has 3 heterocycles. The number of hydrogen-bond donors (Lipinski definition) is 2.